The van der Waals surface area contributed by atoms with Gasteiger partial charge in [0.05, 0.1) is 0 Å². The van der Waals surface area contributed by atoms with Crippen LogP contribution in [-0.2, 0) is 11.3 Å². The molecule has 0 radical (unpaired) electrons. The Bertz CT molecular complexity index is 671. The van der Waals surface area contributed by atoms with Crippen LogP contribution in [0.4, 0.5) is 8.78 Å². The maximum absolute atomic E-state index is 13.6. The van der Waals surface area contributed by atoms with E-state index in [-0.39, 0.29) is 35.9 Å². The molecule has 3 rings (SSSR count). The lowest BCUT2D eigenvalue weighted by Crippen LogP contribution is -2.25. The number of nitrogens with one attached hydrogen (secondary N) is 1. The third-order valence-electron chi connectivity index (χ3n) is 3.79. The number of carbonyl (C=O) groups is 1. The fraction of sp³-hybridized carbons (Fsp3) is 0.235. The Labute approximate surface area is 121 Å². The van der Waals surface area contributed by atoms with Crippen molar-refractivity contribution in [3.8, 4) is 0 Å². The van der Waals surface area contributed by atoms with Gasteiger partial charge in [-0.3, -0.25) is 4.79 Å². The number of rotatable bonds is 4. The summed E-state index contributed by atoms with van der Waals surface area (Å²) >= 11 is 0. The van der Waals surface area contributed by atoms with Crippen LogP contribution in [0.5, 0.6) is 0 Å². The van der Waals surface area contributed by atoms with E-state index in [0.29, 0.717) is 17.5 Å². The van der Waals surface area contributed by atoms with E-state index in [2.05, 4.69) is 5.32 Å². The van der Waals surface area contributed by atoms with Gasteiger partial charge in [0.25, 0.3) is 0 Å². The summed E-state index contributed by atoms with van der Waals surface area (Å²) in [6.07, 6.45) is 0.663. The molecule has 2 aromatic rings. The van der Waals surface area contributed by atoms with Crippen LogP contribution in [0.2, 0.25) is 0 Å². The van der Waals surface area contributed by atoms with Crippen molar-refractivity contribution in [2.75, 3.05) is 0 Å². The Balaban J connectivity index is 1.57. The zero-order valence-corrected chi connectivity index (χ0v) is 11.4. The van der Waals surface area contributed by atoms with E-state index in [1.165, 1.54) is 18.2 Å². The summed E-state index contributed by atoms with van der Waals surface area (Å²) in [5.41, 5.74) is 1.31. The lowest BCUT2D eigenvalue weighted by atomic mass is 10.1. The van der Waals surface area contributed by atoms with Gasteiger partial charge in [-0.05, 0) is 41.7 Å². The van der Waals surface area contributed by atoms with Crippen molar-refractivity contribution < 1.29 is 13.6 Å². The van der Waals surface area contributed by atoms with E-state index in [1.54, 1.807) is 30.3 Å². The second-order valence-electron chi connectivity index (χ2n) is 5.32. The third kappa shape index (κ3) is 3.10. The zero-order chi connectivity index (χ0) is 14.8. The Morgan fingerprint density at radius 1 is 1.14 bits per heavy atom. The van der Waals surface area contributed by atoms with Crippen LogP contribution in [0.15, 0.2) is 48.5 Å². The molecular weight excluding hydrogens is 272 g/mol. The van der Waals surface area contributed by atoms with Crippen molar-refractivity contribution in [1.29, 1.82) is 0 Å². The van der Waals surface area contributed by atoms with Gasteiger partial charge in [0.1, 0.15) is 11.6 Å². The summed E-state index contributed by atoms with van der Waals surface area (Å²) in [4.78, 5) is 12.0. The topological polar surface area (TPSA) is 29.1 Å². The van der Waals surface area contributed by atoms with Crippen LogP contribution in [-0.4, -0.2) is 5.91 Å². The van der Waals surface area contributed by atoms with Gasteiger partial charge in [0.15, 0.2) is 0 Å². The highest BCUT2D eigenvalue weighted by molar-refractivity contribution is 5.82. The minimum absolute atomic E-state index is 0.0429. The Morgan fingerprint density at radius 3 is 2.71 bits per heavy atom. The van der Waals surface area contributed by atoms with Gasteiger partial charge in [-0.25, -0.2) is 8.78 Å². The highest BCUT2D eigenvalue weighted by Crippen LogP contribution is 2.48. The maximum atomic E-state index is 13.6. The predicted molar refractivity (Wildman–Crippen MR) is 75.5 cm³/mol. The quantitative estimate of drug-likeness (QED) is 0.917. The number of amides is 1. The van der Waals surface area contributed by atoms with Gasteiger partial charge in [-0.2, -0.15) is 0 Å². The number of carbonyl (C=O) groups excluding carboxylic acids is 1. The molecule has 2 unspecified atom stereocenters. The van der Waals surface area contributed by atoms with E-state index in [9.17, 15) is 13.6 Å². The maximum Gasteiger partial charge on any atom is 0.224 e. The molecule has 4 heteroatoms. The summed E-state index contributed by atoms with van der Waals surface area (Å²) in [5, 5.41) is 2.78. The molecule has 2 atom stereocenters. The van der Waals surface area contributed by atoms with Gasteiger partial charge in [0, 0.05) is 12.5 Å². The standard InChI is InChI=1S/C17H15F2NO/c18-12-5-3-4-11(8-12)10-20-17(21)15-9-14(15)13-6-1-2-7-16(13)19/h1-8,14-15H,9-10H2,(H,20,21). The monoisotopic (exact) mass is 287 g/mol. The van der Waals surface area contributed by atoms with Gasteiger partial charge in [-0.1, -0.05) is 30.3 Å². The summed E-state index contributed by atoms with van der Waals surface area (Å²) in [6.45, 7) is 0.289. The van der Waals surface area contributed by atoms with Gasteiger partial charge < -0.3 is 5.32 Å². The molecule has 108 valence electrons. The van der Waals surface area contributed by atoms with Crippen LogP contribution in [0.1, 0.15) is 23.5 Å². The van der Waals surface area contributed by atoms with Crippen molar-refractivity contribution in [2.45, 2.75) is 18.9 Å². The molecule has 21 heavy (non-hydrogen) atoms. The van der Waals surface area contributed by atoms with Crippen molar-refractivity contribution in [3.63, 3.8) is 0 Å². The molecule has 1 fully saturated rings. The van der Waals surface area contributed by atoms with Crippen LogP contribution in [0.25, 0.3) is 0 Å². The minimum atomic E-state index is -0.322. The second-order valence-corrected chi connectivity index (χ2v) is 5.32. The summed E-state index contributed by atoms with van der Waals surface area (Å²) in [7, 11) is 0. The number of hydrogen-bond acceptors (Lipinski definition) is 1. The van der Waals surface area contributed by atoms with Gasteiger partial charge >= 0.3 is 0 Å². The van der Waals surface area contributed by atoms with E-state index in [4.69, 9.17) is 0 Å². The summed E-state index contributed by atoms with van der Waals surface area (Å²) in [5.74, 6) is -0.915. The minimum Gasteiger partial charge on any atom is -0.352 e. The smallest absolute Gasteiger partial charge is 0.224 e. The van der Waals surface area contributed by atoms with E-state index in [1.807, 2.05) is 0 Å². The Kier molecular flexibility index (Phi) is 3.69. The zero-order valence-electron chi connectivity index (χ0n) is 11.4. The van der Waals surface area contributed by atoms with E-state index in [0.717, 1.165) is 0 Å². The van der Waals surface area contributed by atoms with Crippen LogP contribution >= 0.6 is 0 Å². The highest BCUT2D eigenvalue weighted by Gasteiger charge is 2.44. The van der Waals surface area contributed by atoms with Crippen molar-refractivity contribution in [3.05, 3.63) is 71.3 Å². The Hall–Kier alpha value is -2.23. The molecular formula is C17H15F2NO. The van der Waals surface area contributed by atoms with E-state index >= 15 is 0 Å². The van der Waals surface area contributed by atoms with Crippen molar-refractivity contribution in [2.24, 2.45) is 5.92 Å². The first kappa shape index (κ1) is 13.7. The van der Waals surface area contributed by atoms with Crippen molar-refractivity contribution >= 4 is 5.91 Å². The summed E-state index contributed by atoms with van der Waals surface area (Å²) < 4.78 is 26.7. The molecule has 0 saturated heterocycles. The molecule has 0 aliphatic heterocycles. The molecule has 0 heterocycles. The van der Waals surface area contributed by atoms with Crippen LogP contribution in [0, 0.1) is 17.6 Å². The lowest BCUT2D eigenvalue weighted by molar-refractivity contribution is -0.122. The van der Waals surface area contributed by atoms with Gasteiger partial charge in [-0.15, -0.1) is 0 Å². The first-order chi connectivity index (χ1) is 10.1. The Morgan fingerprint density at radius 2 is 1.95 bits per heavy atom. The first-order valence-corrected chi connectivity index (χ1v) is 6.92. The fourth-order valence-corrected chi connectivity index (χ4v) is 2.57. The second kappa shape index (κ2) is 5.64. The summed E-state index contributed by atoms with van der Waals surface area (Å²) in [6, 6.07) is 12.7. The molecule has 0 aromatic heterocycles. The average Bonchev–Trinajstić information content (AvgIpc) is 3.26. The molecule has 1 aliphatic carbocycles. The van der Waals surface area contributed by atoms with E-state index < -0.39 is 0 Å². The normalized spacial score (nSPS) is 20.1. The molecule has 0 bridgehead atoms. The predicted octanol–water partition coefficient (Wildman–Crippen LogP) is 3.38. The average molecular weight is 287 g/mol. The highest BCUT2D eigenvalue weighted by atomic mass is 19.1. The first-order valence-electron chi connectivity index (χ1n) is 6.92. The fourth-order valence-electron chi connectivity index (χ4n) is 2.57. The third-order valence-corrected chi connectivity index (χ3v) is 3.79. The molecule has 1 N–H and O–H groups in total. The lowest BCUT2D eigenvalue weighted by Gasteiger charge is -2.06. The van der Waals surface area contributed by atoms with Crippen LogP contribution in [0.3, 0.4) is 0 Å². The molecule has 1 amide bonds. The molecule has 2 aromatic carbocycles. The SMILES string of the molecule is O=C(NCc1cccc(F)c1)C1CC1c1ccccc1F. The molecule has 2 nitrogen and oxygen atoms in total. The number of hydrogen-bond donors (Lipinski definition) is 1. The largest absolute Gasteiger partial charge is 0.352 e. The van der Waals surface area contributed by atoms with Crippen LogP contribution < -0.4 is 5.32 Å². The number of benzene rings is 2. The molecule has 1 saturated carbocycles. The van der Waals surface area contributed by atoms with Crippen molar-refractivity contribution in [1.82, 2.24) is 5.32 Å². The number of halogens is 2. The van der Waals surface area contributed by atoms with Gasteiger partial charge in [0.2, 0.25) is 5.91 Å². The molecule has 0 spiro atoms. The molecule has 1 aliphatic rings.